The largest absolute Gasteiger partial charge is 0.490 e. The van der Waals surface area contributed by atoms with Gasteiger partial charge in [-0.2, -0.15) is 0 Å². The van der Waals surface area contributed by atoms with Gasteiger partial charge in [-0.1, -0.05) is 32.9 Å². The highest BCUT2D eigenvalue weighted by Gasteiger charge is 2.30. The van der Waals surface area contributed by atoms with Gasteiger partial charge in [-0.05, 0) is 72.1 Å². The minimum Gasteiger partial charge on any atom is -0.490 e. The zero-order valence-electron chi connectivity index (χ0n) is 19.6. The molecule has 5 nitrogen and oxygen atoms in total. The fourth-order valence-corrected chi connectivity index (χ4v) is 4.57. The molecule has 31 heavy (non-hydrogen) atoms. The number of nitrogens with zero attached hydrogens (tertiary/aromatic N) is 1. The summed E-state index contributed by atoms with van der Waals surface area (Å²) in [7, 11) is 3.26. The molecule has 0 aliphatic heterocycles. The van der Waals surface area contributed by atoms with Crippen molar-refractivity contribution >= 4 is 22.4 Å². The highest BCUT2D eigenvalue weighted by molar-refractivity contribution is 5.87. The molecule has 1 atom stereocenters. The van der Waals surface area contributed by atoms with Gasteiger partial charge in [0.05, 0.1) is 25.7 Å². The van der Waals surface area contributed by atoms with E-state index in [4.69, 9.17) is 9.47 Å². The van der Waals surface area contributed by atoms with Crippen molar-refractivity contribution in [3.8, 4) is 5.75 Å². The van der Waals surface area contributed by atoms with Crippen LogP contribution >= 0.6 is 0 Å². The van der Waals surface area contributed by atoms with Gasteiger partial charge < -0.3 is 19.5 Å². The number of aliphatic hydroxyl groups is 1. The number of carbonyl (C=O) groups excluding carboxylic acids is 1. The van der Waals surface area contributed by atoms with Crippen molar-refractivity contribution in [3.05, 3.63) is 36.4 Å². The SMILES string of the molecule is COC(=O)C(CO)CN(C)c1ccc2cc(OC3CCC(C(C)(C)C)CC3)ccc2c1. The fourth-order valence-electron chi connectivity index (χ4n) is 4.57. The topological polar surface area (TPSA) is 59.0 Å². The van der Waals surface area contributed by atoms with Crippen molar-refractivity contribution in [1.29, 1.82) is 0 Å². The van der Waals surface area contributed by atoms with Crippen LogP contribution in [0.15, 0.2) is 36.4 Å². The summed E-state index contributed by atoms with van der Waals surface area (Å²) in [5.41, 5.74) is 1.37. The third-order valence-electron chi connectivity index (χ3n) is 6.69. The highest BCUT2D eigenvalue weighted by atomic mass is 16.5. The lowest BCUT2D eigenvalue weighted by Crippen LogP contribution is -2.33. The monoisotopic (exact) mass is 427 g/mol. The quantitative estimate of drug-likeness (QED) is 0.627. The van der Waals surface area contributed by atoms with Gasteiger partial charge in [0.2, 0.25) is 0 Å². The van der Waals surface area contributed by atoms with Gasteiger partial charge in [0.1, 0.15) is 5.75 Å². The number of hydrogen-bond donors (Lipinski definition) is 1. The molecule has 0 aromatic heterocycles. The molecule has 1 saturated carbocycles. The second kappa shape index (κ2) is 9.90. The first-order valence-corrected chi connectivity index (χ1v) is 11.3. The first-order valence-electron chi connectivity index (χ1n) is 11.3. The van der Waals surface area contributed by atoms with Gasteiger partial charge >= 0.3 is 5.97 Å². The molecule has 0 bridgehead atoms. The first kappa shape index (κ1) is 23.4. The Morgan fingerprint density at radius 3 is 2.35 bits per heavy atom. The average Bonchev–Trinajstić information content (AvgIpc) is 2.76. The summed E-state index contributed by atoms with van der Waals surface area (Å²) in [4.78, 5) is 13.7. The molecule has 3 rings (SSSR count). The third kappa shape index (κ3) is 5.91. The average molecular weight is 428 g/mol. The molecule has 0 saturated heterocycles. The summed E-state index contributed by atoms with van der Waals surface area (Å²) in [6.07, 6.45) is 5.01. The van der Waals surface area contributed by atoms with Crippen molar-refractivity contribution in [2.24, 2.45) is 17.3 Å². The molecule has 0 spiro atoms. The number of ether oxygens (including phenoxy) is 2. The minimum atomic E-state index is -0.560. The number of esters is 1. The number of fused-ring (bicyclic) bond motifs is 1. The lowest BCUT2D eigenvalue weighted by molar-refractivity contribution is -0.146. The molecule has 1 fully saturated rings. The van der Waals surface area contributed by atoms with E-state index in [0.717, 1.165) is 41.0 Å². The molecule has 5 heteroatoms. The lowest BCUT2D eigenvalue weighted by atomic mass is 9.72. The maximum absolute atomic E-state index is 11.8. The van der Waals surface area contributed by atoms with Crippen LogP contribution in [0.4, 0.5) is 5.69 Å². The second-order valence-electron chi connectivity index (χ2n) is 9.93. The van der Waals surface area contributed by atoms with Crippen molar-refractivity contribution in [3.63, 3.8) is 0 Å². The normalized spacial score (nSPS) is 20.3. The number of methoxy groups -OCH3 is 1. The predicted octanol–water partition coefficient (Wildman–Crippen LogP) is 5.04. The molecule has 1 N–H and O–H groups in total. The Balaban J connectivity index is 1.64. The predicted molar refractivity (Wildman–Crippen MR) is 126 cm³/mol. The molecule has 0 heterocycles. The van der Waals surface area contributed by atoms with Crippen LogP contribution < -0.4 is 9.64 Å². The maximum Gasteiger partial charge on any atom is 0.312 e. The van der Waals surface area contributed by atoms with E-state index >= 15 is 0 Å². The highest BCUT2D eigenvalue weighted by Crippen LogP contribution is 2.39. The zero-order chi connectivity index (χ0) is 22.6. The van der Waals surface area contributed by atoms with Crippen molar-refractivity contribution < 1.29 is 19.4 Å². The summed E-state index contributed by atoms with van der Waals surface area (Å²) in [6, 6.07) is 12.5. The van der Waals surface area contributed by atoms with E-state index in [1.165, 1.54) is 20.0 Å². The number of carbonyl (C=O) groups is 1. The molecule has 1 unspecified atom stereocenters. The van der Waals surface area contributed by atoms with Crippen LogP contribution in [-0.4, -0.2) is 44.5 Å². The second-order valence-corrected chi connectivity index (χ2v) is 9.93. The minimum absolute atomic E-state index is 0.233. The van der Waals surface area contributed by atoms with E-state index in [2.05, 4.69) is 45.0 Å². The zero-order valence-corrected chi connectivity index (χ0v) is 19.6. The van der Waals surface area contributed by atoms with Crippen LogP contribution in [0.25, 0.3) is 10.8 Å². The summed E-state index contributed by atoms with van der Waals surface area (Å²) in [5, 5.41) is 11.7. The Bertz CT molecular complexity index is 881. The molecule has 0 radical (unpaired) electrons. The van der Waals surface area contributed by atoms with E-state index < -0.39 is 11.9 Å². The molecule has 170 valence electrons. The van der Waals surface area contributed by atoms with E-state index in [0.29, 0.717) is 18.1 Å². The van der Waals surface area contributed by atoms with E-state index in [9.17, 15) is 9.90 Å². The molecule has 1 aliphatic rings. The van der Waals surface area contributed by atoms with Crippen molar-refractivity contribution in [2.75, 3.05) is 32.2 Å². The van der Waals surface area contributed by atoms with Gasteiger partial charge in [-0.25, -0.2) is 0 Å². The van der Waals surface area contributed by atoms with Crippen LogP contribution in [0.5, 0.6) is 5.75 Å². The number of rotatable bonds is 7. The lowest BCUT2D eigenvalue weighted by Gasteiger charge is -2.37. The molecule has 2 aromatic carbocycles. The first-order chi connectivity index (χ1) is 14.7. The van der Waals surface area contributed by atoms with Crippen molar-refractivity contribution in [2.45, 2.75) is 52.6 Å². The smallest absolute Gasteiger partial charge is 0.312 e. The number of benzene rings is 2. The summed E-state index contributed by atoms with van der Waals surface area (Å²) in [5.74, 6) is 0.756. The molecule has 2 aromatic rings. The number of aliphatic hydroxyl groups excluding tert-OH is 1. The maximum atomic E-state index is 11.8. The Hall–Kier alpha value is -2.27. The van der Waals surface area contributed by atoms with Gasteiger partial charge in [0.25, 0.3) is 0 Å². The molecule has 0 amide bonds. The van der Waals surface area contributed by atoms with Gasteiger partial charge in [0.15, 0.2) is 0 Å². The van der Waals surface area contributed by atoms with Gasteiger partial charge in [0, 0.05) is 19.3 Å². The van der Waals surface area contributed by atoms with E-state index in [1.807, 2.05) is 24.1 Å². The Morgan fingerprint density at radius 2 is 1.74 bits per heavy atom. The van der Waals surface area contributed by atoms with Crippen LogP contribution in [0.3, 0.4) is 0 Å². The third-order valence-corrected chi connectivity index (χ3v) is 6.69. The van der Waals surface area contributed by atoms with Gasteiger partial charge in [-0.15, -0.1) is 0 Å². The summed E-state index contributed by atoms with van der Waals surface area (Å²) in [6.45, 7) is 7.18. The Labute approximate surface area is 186 Å². The molecular formula is C26H37NO4. The Kier molecular flexibility index (Phi) is 7.47. The molecular weight excluding hydrogens is 390 g/mol. The number of anilines is 1. The van der Waals surface area contributed by atoms with Crippen LogP contribution in [-0.2, 0) is 9.53 Å². The van der Waals surface area contributed by atoms with E-state index in [1.54, 1.807) is 0 Å². The Morgan fingerprint density at radius 1 is 1.10 bits per heavy atom. The summed E-state index contributed by atoms with van der Waals surface area (Å²) < 4.78 is 11.1. The van der Waals surface area contributed by atoms with Crippen LogP contribution in [0.1, 0.15) is 46.5 Å². The summed E-state index contributed by atoms with van der Waals surface area (Å²) >= 11 is 0. The van der Waals surface area contributed by atoms with Crippen LogP contribution in [0.2, 0.25) is 0 Å². The van der Waals surface area contributed by atoms with Crippen molar-refractivity contribution in [1.82, 2.24) is 0 Å². The van der Waals surface area contributed by atoms with Crippen LogP contribution in [0, 0.1) is 17.3 Å². The van der Waals surface area contributed by atoms with Gasteiger partial charge in [-0.3, -0.25) is 4.79 Å². The fraction of sp³-hybridized carbons (Fsp3) is 0.577. The van der Waals surface area contributed by atoms with E-state index in [-0.39, 0.29) is 6.61 Å². The number of hydrogen-bond acceptors (Lipinski definition) is 5. The standard InChI is InChI=1S/C26H37NO4/c1-26(2,3)21-8-12-23(13-9-21)31-24-11-7-18-14-22(10-6-19(18)15-24)27(4)16-20(17-28)25(29)30-5/h6-7,10-11,14-15,20-21,23,28H,8-9,12-13,16-17H2,1-5H3. The molecule has 1 aliphatic carbocycles.